The van der Waals surface area contributed by atoms with E-state index in [1.807, 2.05) is 12.1 Å². The van der Waals surface area contributed by atoms with Gasteiger partial charge in [-0.05, 0) is 73.4 Å². The van der Waals surface area contributed by atoms with Crippen molar-refractivity contribution in [3.8, 4) is 5.75 Å². The number of nitrogen functional groups attached to an aromatic ring is 1. The summed E-state index contributed by atoms with van der Waals surface area (Å²) in [5.41, 5.74) is 8.22. The first-order valence-electron chi connectivity index (χ1n) is 12.4. The zero-order chi connectivity index (χ0) is 24.0. The van der Waals surface area contributed by atoms with Crippen LogP contribution in [0.3, 0.4) is 0 Å². The molecule has 3 aromatic rings. The maximum absolute atomic E-state index is 13.2. The molecule has 0 unspecified atom stereocenters. The predicted octanol–water partition coefficient (Wildman–Crippen LogP) is 3.96. The van der Waals surface area contributed by atoms with Gasteiger partial charge in [-0.1, -0.05) is 0 Å². The van der Waals surface area contributed by atoms with Gasteiger partial charge in [0.15, 0.2) is 0 Å². The molecule has 2 saturated heterocycles. The van der Waals surface area contributed by atoms with Crippen LogP contribution in [-0.4, -0.2) is 60.2 Å². The van der Waals surface area contributed by atoms with E-state index in [2.05, 4.69) is 48.9 Å². The van der Waals surface area contributed by atoms with Crippen molar-refractivity contribution in [2.24, 2.45) is 0 Å². The van der Waals surface area contributed by atoms with Gasteiger partial charge in [-0.15, -0.1) is 0 Å². The molecule has 0 saturated carbocycles. The summed E-state index contributed by atoms with van der Waals surface area (Å²) < 4.78 is 19.5. The maximum atomic E-state index is 13.2. The van der Waals surface area contributed by atoms with Crippen molar-refractivity contribution in [3.63, 3.8) is 0 Å². The molecule has 2 fully saturated rings. The summed E-state index contributed by atoms with van der Waals surface area (Å²) in [5, 5.41) is 0. The number of ether oxygens (including phenoxy) is 1. The van der Waals surface area contributed by atoms with Crippen molar-refractivity contribution in [1.29, 1.82) is 0 Å². The number of aromatic nitrogens is 2. The van der Waals surface area contributed by atoms with Crippen LogP contribution in [0.2, 0.25) is 0 Å². The van der Waals surface area contributed by atoms with E-state index >= 15 is 0 Å². The molecular weight excluding hydrogens is 443 g/mol. The first kappa shape index (κ1) is 23.4. The molecule has 2 aromatic heterocycles. The Bertz CT molecular complexity index is 1090. The van der Waals surface area contributed by atoms with Crippen LogP contribution in [0.25, 0.3) is 0 Å². The zero-order valence-corrected chi connectivity index (χ0v) is 20.0. The van der Waals surface area contributed by atoms with E-state index in [4.69, 9.17) is 10.5 Å². The quantitative estimate of drug-likeness (QED) is 0.578. The minimum Gasteiger partial charge on any atom is -0.490 e. The third-order valence-corrected chi connectivity index (χ3v) is 6.82. The molecule has 35 heavy (non-hydrogen) atoms. The van der Waals surface area contributed by atoms with E-state index in [-0.39, 0.29) is 11.9 Å². The molecule has 4 heterocycles. The normalized spacial score (nSPS) is 17.9. The average molecular weight is 477 g/mol. The number of hydrogen-bond acceptors (Lipinski definition) is 7. The van der Waals surface area contributed by atoms with Crippen molar-refractivity contribution < 1.29 is 9.13 Å². The molecule has 0 atom stereocenters. The number of anilines is 3. The lowest BCUT2D eigenvalue weighted by molar-refractivity contribution is 0.0968. The first-order valence-corrected chi connectivity index (χ1v) is 12.4. The first-order chi connectivity index (χ1) is 17.1. The van der Waals surface area contributed by atoms with Crippen molar-refractivity contribution in [2.75, 3.05) is 54.8 Å². The Balaban J connectivity index is 1.10. The molecular formula is C27H33FN6O. The number of halogens is 1. The summed E-state index contributed by atoms with van der Waals surface area (Å²) in [6, 6.07) is 15.7. The van der Waals surface area contributed by atoms with Gasteiger partial charge in [0.2, 0.25) is 0 Å². The molecule has 184 valence electrons. The Labute approximate surface area is 206 Å². The van der Waals surface area contributed by atoms with Crippen LogP contribution in [0.1, 0.15) is 24.8 Å². The maximum Gasteiger partial charge on any atom is 0.141 e. The summed E-state index contributed by atoms with van der Waals surface area (Å²) in [6.07, 6.45) is 6.37. The lowest BCUT2D eigenvalue weighted by Crippen LogP contribution is -2.37. The van der Waals surface area contributed by atoms with E-state index in [1.165, 1.54) is 23.5 Å². The molecule has 1 aromatic carbocycles. The Hall–Kier alpha value is -3.39. The molecule has 7 nitrogen and oxygen atoms in total. The van der Waals surface area contributed by atoms with Gasteiger partial charge >= 0.3 is 0 Å². The summed E-state index contributed by atoms with van der Waals surface area (Å²) in [4.78, 5) is 15.4. The van der Waals surface area contributed by atoms with Crippen LogP contribution < -0.4 is 20.3 Å². The van der Waals surface area contributed by atoms with Crippen LogP contribution in [0, 0.1) is 5.82 Å². The van der Waals surface area contributed by atoms with E-state index < -0.39 is 0 Å². The summed E-state index contributed by atoms with van der Waals surface area (Å²) >= 11 is 0. The third kappa shape index (κ3) is 6.19. The predicted molar refractivity (Wildman–Crippen MR) is 137 cm³/mol. The molecule has 0 spiro atoms. The number of piperidine rings is 1. The second-order valence-corrected chi connectivity index (χ2v) is 9.34. The van der Waals surface area contributed by atoms with Gasteiger partial charge in [-0.25, -0.2) is 14.4 Å². The SMILES string of the molecule is Nc1cc(CN2CCC(Oc3ccc(N4CCCN(c5ccc(F)cn5)CC4)cc3)CC2)ccn1. The zero-order valence-electron chi connectivity index (χ0n) is 20.0. The highest BCUT2D eigenvalue weighted by molar-refractivity contribution is 5.50. The van der Waals surface area contributed by atoms with E-state index in [0.29, 0.717) is 5.82 Å². The highest BCUT2D eigenvalue weighted by atomic mass is 19.1. The summed E-state index contributed by atoms with van der Waals surface area (Å²) in [7, 11) is 0. The number of rotatable bonds is 6. The highest BCUT2D eigenvalue weighted by Crippen LogP contribution is 2.25. The minimum atomic E-state index is -0.298. The molecule has 0 aliphatic carbocycles. The molecule has 0 amide bonds. The van der Waals surface area contributed by atoms with E-state index in [1.54, 1.807) is 12.3 Å². The summed E-state index contributed by atoms with van der Waals surface area (Å²) in [5.74, 6) is 2.05. The number of benzene rings is 1. The lowest BCUT2D eigenvalue weighted by atomic mass is 10.1. The molecule has 0 bridgehead atoms. The second kappa shape index (κ2) is 10.9. The van der Waals surface area contributed by atoms with Crippen molar-refractivity contribution in [1.82, 2.24) is 14.9 Å². The largest absolute Gasteiger partial charge is 0.490 e. The fourth-order valence-corrected chi connectivity index (χ4v) is 4.92. The van der Waals surface area contributed by atoms with Crippen LogP contribution >= 0.6 is 0 Å². The Kier molecular flexibility index (Phi) is 7.28. The second-order valence-electron chi connectivity index (χ2n) is 9.34. The molecule has 0 radical (unpaired) electrons. The van der Waals surface area contributed by atoms with Gasteiger partial charge < -0.3 is 20.3 Å². The molecule has 2 aliphatic heterocycles. The van der Waals surface area contributed by atoms with Gasteiger partial charge in [-0.3, -0.25) is 4.90 Å². The smallest absolute Gasteiger partial charge is 0.141 e. The average Bonchev–Trinajstić information content (AvgIpc) is 3.13. The van der Waals surface area contributed by atoms with Gasteiger partial charge in [0, 0.05) is 57.7 Å². The number of nitrogens with zero attached hydrogens (tertiary/aromatic N) is 5. The van der Waals surface area contributed by atoms with Gasteiger partial charge in [-0.2, -0.15) is 0 Å². The van der Waals surface area contributed by atoms with Gasteiger partial charge in [0.1, 0.15) is 29.3 Å². The summed E-state index contributed by atoms with van der Waals surface area (Å²) in [6.45, 7) is 6.60. The third-order valence-electron chi connectivity index (χ3n) is 6.82. The van der Waals surface area contributed by atoms with Crippen molar-refractivity contribution in [3.05, 3.63) is 72.3 Å². The van der Waals surface area contributed by atoms with Gasteiger partial charge in [0.25, 0.3) is 0 Å². The molecule has 5 rings (SSSR count). The lowest BCUT2D eigenvalue weighted by Gasteiger charge is -2.32. The topological polar surface area (TPSA) is 70.8 Å². The van der Waals surface area contributed by atoms with Crippen LogP contribution in [0.5, 0.6) is 5.75 Å². The molecule has 2 aliphatic rings. The fourth-order valence-electron chi connectivity index (χ4n) is 4.92. The standard InChI is InChI=1S/C27H33FN6O/c28-22-2-7-27(31-19-22)34-13-1-12-33(16-17-34)23-3-5-24(6-4-23)35-25-9-14-32(15-10-25)20-21-8-11-30-26(29)18-21/h2-8,11,18-19,25H,1,9-10,12-17,20H2,(H2,29,30). The highest BCUT2D eigenvalue weighted by Gasteiger charge is 2.21. The Morgan fingerprint density at radius 3 is 2.40 bits per heavy atom. The number of hydrogen-bond donors (Lipinski definition) is 1. The van der Waals surface area contributed by atoms with E-state index in [0.717, 1.165) is 76.6 Å². The fraction of sp³-hybridized carbons (Fsp3) is 0.407. The van der Waals surface area contributed by atoms with Crippen LogP contribution in [-0.2, 0) is 6.54 Å². The molecule has 2 N–H and O–H groups in total. The van der Waals surface area contributed by atoms with Crippen LogP contribution in [0.4, 0.5) is 21.7 Å². The van der Waals surface area contributed by atoms with Crippen molar-refractivity contribution in [2.45, 2.75) is 31.9 Å². The number of nitrogens with two attached hydrogens (primary N) is 1. The minimum absolute atomic E-state index is 0.245. The molecule has 8 heteroatoms. The monoisotopic (exact) mass is 476 g/mol. The number of pyridine rings is 2. The number of likely N-dealkylation sites (tertiary alicyclic amines) is 1. The Morgan fingerprint density at radius 1 is 0.886 bits per heavy atom. The van der Waals surface area contributed by atoms with E-state index in [9.17, 15) is 4.39 Å². The van der Waals surface area contributed by atoms with Gasteiger partial charge in [0.05, 0.1) is 6.20 Å². The van der Waals surface area contributed by atoms with Crippen LogP contribution in [0.15, 0.2) is 60.9 Å². The van der Waals surface area contributed by atoms with Crippen molar-refractivity contribution >= 4 is 17.3 Å². The Morgan fingerprint density at radius 2 is 1.66 bits per heavy atom.